The molecule has 0 bridgehead atoms. The smallest absolute Gasteiger partial charge is 0.314 e. The molecule has 0 saturated carbocycles. The van der Waals surface area contributed by atoms with E-state index in [1.165, 1.54) is 0 Å². The topological polar surface area (TPSA) is 55.8 Å². The second kappa shape index (κ2) is 6.91. The van der Waals surface area contributed by atoms with E-state index in [1.807, 2.05) is 13.8 Å². The second-order valence-electron chi connectivity index (χ2n) is 3.77. The molecule has 0 saturated heterocycles. The molecule has 0 aliphatic rings. The average Bonchev–Trinajstić information content (AvgIpc) is 2.37. The SMILES string of the molecule is CCC(C)C(=O)Oc1ccc(OCCO)cc1. The number of benzene rings is 1. The van der Waals surface area contributed by atoms with Gasteiger partial charge in [-0.05, 0) is 30.7 Å². The summed E-state index contributed by atoms with van der Waals surface area (Å²) in [6.45, 7) is 4.01. The molecular formula is C13H18O4. The van der Waals surface area contributed by atoms with Crippen LogP contribution < -0.4 is 9.47 Å². The first-order chi connectivity index (χ1) is 8.17. The molecule has 1 unspecified atom stereocenters. The number of rotatable bonds is 6. The minimum atomic E-state index is -0.225. The van der Waals surface area contributed by atoms with Crippen molar-refractivity contribution in [2.45, 2.75) is 20.3 Å². The Bertz CT molecular complexity index is 345. The molecule has 17 heavy (non-hydrogen) atoms. The monoisotopic (exact) mass is 238 g/mol. The maximum Gasteiger partial charge on any atom is 0.314 e. The lowest BCUT2D eigenvalue weighted by molar-refractivity contribution is -0.138. The van der Waals surface area contributed by atoms with Gasteiger partial charge in [0.25, 0.3) is 0 Å². The van der Waals surface area contributed by atoms with E-state index in [1.54, 1.807) is 24.3 Å². The average molecular weight is 238 g/mol. The van der Waals surface area contributed by atoms with Crippen LogP contribution in [0.3, 0.4) is 0 Å². The molecule has 1 aromatic rings. The lowest BCUT2D eigenvalue weighted by atomic mass is 10.1. The van der Waals surface area contributed by atoms with Crippen LogP contribution in [0.5, 0.6) is 11.5 Å². The number of carbonyl (C=O) groups is 1. The van der Waals surface area contributed by atoms with Crippen molar-refractivity contribution in [2.75, 3.05) is 13.2 Å². The maximum atomic E-state index is 11.5. The molecule has 0 aromatic heterocycles. The molecule has 0 aliphatic carbocycles. The standard InChI is InChI=1S/C13H18O4/c1-3-10(2)13(15)17-12-6-4-11(5-7-12)16-9-8-14/h4-7,10,14H,3,8-9H2,1-2H3. The van der Waals surface area contributed by atoms with Gasteiger partial charge in [-0.25, -0.2) is 0 Å². The molecule has 1 rings (SSSR count). The molecule has 94 valence electrons. The van der Waals surface area contributed by atoms with Gasteiger partial charge in [0, 0.05) is 0 Å². The Morgan fingerprint density at radius 2 is 1.88 bits per heavy atom. The van der Waals surface area contributed by atoms with E-state index in [4.69, 9.17) is 14.6 Å². The zero-order valence-electron chi connectivity index (χ0n) is 10.2. The van der Waals surface area contributed by atoms with Crippen LogP contribution in [0, 0.1) is 5.92 Å². The summed E-state index contributed by atoms with van der Waals surface area (Å²) in [6, 6.07) is 6.75. The highest BCUT2D eigenvalue weighted by Gasteiger charge is 2.12. The summed E-state index contributed by atoms with van der Waals surface area (Å²) in [7, 11) is 0. The third-order valence-corrected chi connectivity index (χ3v) is 2.42. The van der Waals surface area contributed by atoms with E-state index in [0.29, 0.717) is 11.5 Å². The minimum Gasteiger partial charge on any atom is -0.491 e. The zero-order valence-corrected chi connectivity index (χ0v) is 10.2. The Balaban J connectivity index is 2.53. The Kier molecular flexibility index (Phi) is 5.49. The van der Waals surface area contributed by atoms with Crippen LogP contribution in [0.25, 0.3) is 0 Å². The van der Waals surface area contributed by atoms with E-state index in [0.717, 1.165) is 6.42 Å². The fraction of sp³-hybridized carbons (Fsp3) is 0.462. The van der Waals surface area contributed by atoms with Gasteiger partial charge in [-0.1, -0.05) is 13.8 Å². The van der Waals surface area contributed by atoms with Gasteiger partial charge in [0.15, 0.2) is 0 Å². The molecule has 0 radical (unpaired) electrons. The van der Waals surface area contributed by atoms with Crippen LogP contribution in [-0.2, 0) is 4.79 Å². The minimum absolute atomic E-state index is 0.0231. The van der Waals surface area contributed by atoms with Crippen LogP contribution in [0.4, 0.5) is 0 Å². The fourth-order valence-electron chi connectivity index (χ4n) is 1.15. The first-order valence-corrected chi connectivity index (χ1v) is 5.72. The molecule has 1 N–H and O–H groups in total. The highest BCUT2D eigenvalue weighted by Crippen LogP contribution is 2.18. The number of esters is 1. The van der Waals surface area contributed by atoms with Crippen LogP contribution in [0.15, 0.2) is 24.3 Å². The molecule has 0 heterocycles. The van der Waals surface area contributed by atoms with E-state index >= 15 is 0 Å². The summed E-state index contributed by atoms with van der Waals surface area (Å²) in [6.07, 6.45) is 0.760. The largest absolute Gasteiger partial charge is 0.491 e. The molecule has 1 atom stereocenters. The summed E-state index contributed by atoms with van der Waals surface area (Å²) < 4.78 is 10.4. The number of aliphatic hydroxyl groups excluding tert-OH is 1. The van der Waals surface area contributed by atoms with E-state index < -0.39 is 0 Å². The predicted octanol–water partition coefficient (Wildman–Crippen LogP) is 2.01. The molecule has 0 aliphatic heterocycles. The Labute approximate surface area is 101 Å². The van der Waals surface area contributed by atoms with Gasteiger partial charge in [-0.3, -0.25) is 4.79 Å². The highest BCUT2D eigenvalue weighted by atomic mass is 16.5. The van der Waals surface area contributed by atoms with Crippen molar-refractivity contribution in [3.63, 3.8) is 0 Å². The third-order valence-electron chi connectivity index (χ3n) is 2.42. The van der Waals surface area contributed by atoms with Gasteiger partial charge in [-0.2, -0.15) is 0 Å². The third kappa shape index (κ3) is 4.44. The first kappa shape index (κ1) is 13.5. The molecule has 0 amide bonds. The lowest BCUT2D eigenvalue weighted by Gasteiger charge is -2.09. The predicted molar refractivity (Wildman–Crippen MR) is 64.1 cm³/mol. The van der Waals surface area contributed by atoms with Gasteiger partial charge >= 0.3 is 5.97 Å². The summed E-state index contributed by atoms with van der Waals surface area (Å²) >= 11 is 0. The number of hydrogen-bond acceptors (Lipinski definition) is 4. The molecule has 0 spiro atoms. The summed E-state index contributed by atoms with van der Waals surface area (Å²) in [5.74, 6) is 0.825. The lowest BCUT2D eigenvalue weighted by Crippen LogP contribution is -2.16. The van der Waals surface area contributed by atoms with Gasteiger partial charge < -0.3 is 14.6 Å². The van der Waals surface area contributed by atoms with Crippen LogP contribution in [0.1, 0.15) is 20.3 Å². The van der Waals surface area contributed by atoms with Crippen LogP contribution in [-0.4, -0.2) is 24.3 Å². The van der Waals surface area contributed by atoms with Gasteiger partial charge in [0.2, 0.25) is 0 Å². The zero-order chi connectivity index (χ0) is 12.7. The van der Waals surface area contributed by atoms with Gasteiger partial charge in [0.05, 0.1) is 12.5 Å². The van der Waals surface area contributed by atoms with Crippen LogP contribution in [0.2, 0.25) is 0 Å². The van der Waals surface area contributed by atoms with Gasteiger partial charge in [0.1, 0.15) is 18.1 Å². The summed E-state index contributed by atoms with van der Waals surface area (Å²) in [4.78, 5) is 11.5. The maximum absolute atomic E-state index is 11.5. The van der Waals surface area contributed by atoms with Crippen molar-refractivity contribution in [1.82, 2.24) is 0 Å². The van der Waals surface area contributed by atoms with Crippen molar-refractivity contribution in [1.29, 1.82) is 0 Å². The molecule has 4 nitrogen and oxygen atoms in total. The quantitative estimate of drug-likeness (QED) is 0.608. The Morgan fingerprint density at radius 1 is 1.29 bits per heavy atom. The van der Waals surface area contributed by atoms with Crippen LogP contribution >= 0.6 is 0 Å². The van der Waals surface area contributed by atoms with Crippen molar-refractivity contribution in [3.05, 3.63) is 24.3 Å². The Hall–Kier alpha value is -1.55. The van der Waals surface area contributed by atoms with Gasteiger partial charge in [-0.15, -0.1) is 0 Å². The van der Waals surface area contributed by atoms with Crippen molar-refractivity contribution in [2.24, 2.45) is 5.92 Å². The molecule has 1 aromatic carbocycles. The van der Waals surface area contributed by atoms with Crippen molar-refractivity contribution >= 4 is 5.97 Å². The molecular weight excluding hydrogens is 220 g/mol. The van der Waals surface area contributed by atoms with Crippen molar-refractivity contribution in [3.8, 4) is 11.5 Å². The number of carbonyl (C=O) groups excluding carboxylic acids is 1. The number of hydrogen-bond donors (Lipinski definition) is 1. The van der Waals surface area contributed by atoms with E-state index in [2.05, 4.69) is 0 Å². The van der Waals surface area contributed by atoms with E-state index in [9.17, 15) is 4.79 Å². The normalized spacial score (nSPS) is 11.9. The van der Waals surface area contributed by atoms with E-state index in [-0.39, 0.29) is 25.1 Å². The number of ether oxygens (including phenoxy) is 2. The Morgan fingerprint density at radius 3 is 2.41 bits per heavy atom. The fourth-order valence-corrected chi connectivity index (χ4v) is 1.15. The van der Waals surface area contributed by atoms with Crippen molar-refractivity contribution < 1.29 is 19.4 Å². The molecule has 4 heteroatoms. The first-order valence-electron chi connectivity index (χ1n) is 5.72. The second-order valence-corrected chi connectivity index (χ2v) is 3.77. The molecule has 0 fully saturated rings. The summed E-state index contributed by atoms with van der Waals surface area (Å²) in [5, 5.41) is 8.59. The summed E-state index contributed by atoms with van der Waals surface area (Å²) in [5.41, 5.74) is 0. The number of aliphatic hydroxyl groups is 1. The highest BCUT2D eigenvalue weighted by molar-refractivity contribution is 5.74.